The van der Waals surface area contributed by atoms with Gasteiger partial charge in [0.25, 0.3) is 0 Å². The Kier molecular flexibility index (Phi) is 4.24. The third-order valence-corrected chi connectivity index (χ3v) is 5.68. The Morgan fingerprint density at radius 2 is 2.35 bits per heavy atom. The first-order chi connectivity index (χ1) is 9.68. The maximum atomic E-state index is 10.4. The van der Waals surface area contributed by atoms with Crippen molar-refractivity contribution in [2.75, 3.05) is 25.2 Å². The number of benzene rings is 1. The minimum absolute atomic E-state index is 0.476. The van der Waals surface area contributed by atoms with Crippen molar-refractivity contribution >= 4 is 11.8 Å². The highest BCUT2D eigenvalue weighted by molar-refractivity contribution is 7.99. The van der Waals surface area contributed by atoms with Crippen LogP contribution < -0.4 is 10.1 Å². The molecule has 0 amide bonds. The number of ether oxygens (including phenoxy) is 1. The molecule has 4 heteroatoms. The van der Waals surface area contributed by atoms with Gasteiger partial charge in [-0.1, -0.05) is 6.07 Å². The number of methoxy groups -OCH3 is 1. The molecule has 1 saturated heterocycles. The van der Waals surface area contributed by atoms with Gasteiger partial charge in [0.15, 0.2) is 0 Å². The Bertz CT molecular complexity index is 472. The summed E-state index contributed by atoms with van der Waals surface area (Å²) in [4.78, 5) is 0. The van der Waals surface area contributed by atoms with Gasteiger partial charge in [-0.3, -0.25) is 0 Å². The zero-order valence-corrected chi connectivity index (χ0v) is 12.8. The van der Waals surface area contributed by atoms with Crippen LogP contribution in [0, 0.1) is 0 Å². The van der Waals surface area contributed by atoms with Gasteiger partial charge in [-0.2, -0.15) is 11.8 Å². The molecular weight excluding hydrogens is 270 g/mol. The first-order valence-electron chi connectivity index (χ1n) is 7.38. The summed E-state index contributed by atoms with van der Waals surface area (Å²) in [5.41, 5.74) is 2.35. The van der Waals surface area contributed by atoms with E-state index in [9.17, 15) is 5.11 Å². The molecule has 0 saturated carbocycles. The Morgan fingerprint density at radius 1 is 1.45 bits per heavy atom. The lowest BCUT2D eigenvalue weighted by Crippen LogP contribution is -2.46. The number of aryl methyl sites for hydroxylation is 1. The molecule has 0 spiro atoms. The summed E-state index contributed by atoms with van der Waals surface area (Å²) in [5.74, 6) is 2.90. The number of fused-ring (bicyclic) bond motifs is 1. The second-order valence-electron chi connectivity index (χ2n) is 5.98. The molecule has 1 heterocycles. The van der Waals surface area contributed by atoms with Crippen LogP contribution in [-0.2, 0) is 12.8 Å². The van der Waals surface area contributed by atoms with Crippen LogP contribution in [0.1, 0.15) is 24.0 Å². The summed E-state index contributed by atoms with van der Waals surface area (Å²) >= 11 is 1.85. The highest BCUT2D eigenvalue weighted by atomic mass is 32.2. The second-order valence-corrected chi connectivity index (χ2v) is 7.09. The van der Waals surface area contributed by atoms with Gasteiger partial charge in [0, 0.05) is 18.3 Å². The maximum Gasteiger partial charge on any atom is 0.119 e. The van der Waals surface area contributed by atoms with E-state index in [0.29, 0.717) is 6.04 Å². The molecule has 0 radical (unpaired) electrons. The van der Waals surface area contributed by atoms with Crippen LogP contribution in [0.4, 0.5) is 0 Å². The van der Waals surface area contributed by atoms with Crippen LogP contribution in [0.25, 0.3) is 0 Å². The van der Waals surface area contributed by atoms with Gasteiger partial charge in [0.2, 0.25) is 0 Å². The summed E-state index contributed by atoms with van der Waals surface area (Å²) in [6.45, 7) is 0.726. The first-order valence-corrected chi connectivity index (χ1v) is 8.53. The number of rotatable bonds is 4. The molecule has 1 aliphatic carbocycles. The molecule has 1 aromatic carbocycles. The van der Waals surface area contributed by atoms with Crippen molar-refractivity contribution in [2.24, 2.45) is 0 Å². The van der Waals surface area contributed by atoms with Crippen LogP contribution in [0.3, 0.4) is 0 Å². The van der Waals surface area contributed by atoms with Crippen molar-refractivity contribution < 1.29 is 9.84 Å². The van der Waals surface area contributed by atoms with Gasteiger partial charge in [-0.05, 0) is 54.7 Å². The van der Waals surface area contributed by atoms with Crippen molar-refractivity contribution in [3.8, 4) is 5.75 Å². The van der Waals surface area contributed by atoms with Crippen LogP contribution >= 0.6 is 11.8 Å². The predicted molar refractivity (Wildman–Crippen MR) is 83.7 cm³/mol. The molecular formula is C16H23NO2S. The third kappa shape index (κ3) is 3.13. The van der Waals surface area contributed by atoms with Crippen molar-refractivity contribution in [1.82, 2.24) is 5.32 Å². The van der Waals surface area contributed by atoms with E-state index in [-0.39, 0.29) is 0 Å². The van der Waals surface area contributed by atoms with Crippen LogP contribution in [0.15, 0.2) is 18.2 Å². The van der Waals surface area contributed by atoms with E-state index in [2.05, 4.69) is 17.4 Å². The van der Waals surface area contributed by atoms with E-state index in [0.717, 1.165) is 49.5 Å². The number of hydrogen-bond acceptors (Lipinski definition) is 4. The fraction of sp³-hybridized carbons (Fsp3) is 0.625. The van der Waals surface area contributed by atoms with Crippen molar-refractivity contribution in [3.05, 3.63) is 29.3 Å². The van der Waals surface area contributed by atoms with Gasteiger partial charge in [-0.15, -0.1) is 0 Å². The second kappa shape index (κ2) is 5.96. The summed E-state index contributed by atoms with van der Waals surface area (Å²) in [5, 5.41) is 14.0. The molecule has 3 nitrogen and oxygen atoms in total. The largest absolute Gasteiger partial charge is 0.497 e. The molecule has 0 bridgehead atoms. The van der Waals surface area contributed by atoms with Gasteiger partial charge < -0.3 is 15.2 Å². The van der Waals surface area contributed by atoms with E-state index in [1.54, 1.807) is 7.11 Å². The lowest BCUT2D eigenvalue weighted by Gasteiger charge is -2.30. The zero-order valence-electron chi connectivity index (χ0n) is 12.0. The monoisotopic (exact) mass is 293 g/mol. The lowest BCUT2D eigenvalue weighted by atomic mass is 9.87. The van der Waals surface area contributed by atoms with E-state index in [1.807, 2.05) is 17.8 Å². The number of thioether (sulfide) groups is 1. The van der Waals surface area contributed by atoms with Gasteiger partial charge in [-0.25, -0.2) is 0 Å². The van der Waals surface area contributed by atoms with Crippen molar-refractivity contribution in [1.29, 1.82) is 0 Å². The summed E-state index contributed by atoms with van der Waals surface area (Å²) in [6, 6.07) is 6.86. The molecule has 2 atom stereocenters. The minimum atomic E-state index is -0.487. The third-order valence-electron chi connectivity index (χ3n) is 4.44. The SMILES string of the molecule is COc1ccc2c(c1)C[C@@H](NC[C@@]1(O)CCSC1)CC2. The van der Waals surface area contributed by atoms with E-state index < -0.39 is 5.60 Å². The molecule has 2 aliphatic rings. The zero-order chi connectivity index (χ0) is 14.0. The summed E-state index contributed by atoms with van der Waals surface area (Å²) < 4.78 is 5.31. The maximum absolute atomic E-state index is 10.4. The predicted octanol–water partition coefficient (Wildman–Crippen LogP) is 2.01. The molecule has 1 fully saturated rings. The Morgan fingerprint density at radius 3 is 3.10 bits per heavy atom. The summed E-state index contributed by atoms with van der Waals surface area (Å²) in [7, 11) is 1.72. The molecule has 2 N–H and O–H groups in total. The van der Waals surface area contributed by atoms with Crippen LogP contribution in [-0.4, -0.2) is 41.9 Å². The Labute approximate surface area is 125 Å². The molecule has 0 unspecified atom stereocenters. The van der Waals surface area contributed by atoms with Crippen LogP contribution in [0.2, 0.25) is 0 Å². The average Bonchev–Trinajstić information content (AvgIpc) is 2.91. The molecule has 1 aliphatic heterocycles. The topological polar surface area (TPSA) is 41.5 Å². The molecule has 110 valence electrons. The molecule has 3 rings (SSSR count). The quantitative estimate of drug-likeness (QED) is 0.891. The summed E-state index contributed by atoms with van der Waals surface area (Å²) in [6.07, 6.45) is 4.23. The van der Waals surface area contributed by atoms with Crippen molar-refractivity contribution in [3.63, 3.8) is 0 Å². The van der Waals surface area contributed by atoms with Crippen LogP contribution in [0.5, 0.6) is 5.75 Å². The normalized spacial score (nSPS) is 29.2. The molecule has 20 heavy (non-hydrogen) atoms. The van der Waals surface area contributed by atoms with E-state index in [4.69, 9.17) is 4.74 Å². The average molecular weight is 293 g/mol. The number of hydrogen-bond donors (Lipinski definition) is 2. The van der Waals surface area contributed by atoms with Gasteiger partial charge >= 0.3 is 0 Å². The highest BCUT2D eigenvalue weighted by Gasteiger charge is 2.32. The van der Waals surface area contributed by atoms with E-state index in [1.165, 1.54) is 11.1 Å². The minimum Gasteiger partial charge on any atom is -0.497 e. The molecule has 1 aromatic rings. The smallest absolute Gasteiger partial charge is 0.119 e. The Balaban J connectivity index is 1.60. The number of nitrogens with one attached hydrogen (secondary N) is 1. The Hall–Kier alpha value is -0.710. The first kappa shape index (κ1) is 14.2. The van der Waals surface area contributed by atoms with Gasteiger partial charge in [0.1, 0.15) is 5.75 Å². The number of aliphatic hydroxyl groups is 1. The standard InChI is InChI=1S/C16H23NO2S/c1-19-15-5-3-12-2-4-14(8-13(12)9-15)17-10-16(18)6-7-20-11-16/h3,5,9,14,17-18H,2,4,6-8,10-11H2,1H3/t14-,16-/m0/s1. The van der Waals surface area contributed by atoms with E-state index >= 15 is 0 Å². The molecule has 0 aromatic heterocycles. The lowest BCUT2D eigenvalue weighted by molar-refractivity contribution is 0.0640. The fourth-order valence-corrected chi connectivity index (χ4v) is 4.40. The highest BCUT2D eigenvalue weighted by Crippen LogP contribution is 2.29. The van der Waals surface area contributed by atoms with Gasteiger partial charge in [0.05, 0.1) is 12.7 Å². The fourth-order valence-electron chi connectivity index (χ4n) is 3.10. The van der Waals surface area contributed by atoms with Crippen molar-refractivity contribution in [2.45, 2.75) is 37.3 Å².